The minimum atomic E-state index is -0.439. The average Bonchev–Trinajstić information content (AvgIpc) is 2.53. The number of nitrogens with one attached hydrogen (secondary N) is 1. The molecule has 2 aromatic carbocycles. The van der Waals surface area contributed by atoms with Gasteiger partial charge in [-0.15, -0.1) is 0 Å². The number of rotatable bonds is 5. The molecule has 0 saturated carbocycles. The van der Waals surface area contributed by atoms with Crippen LogP contribution >= 0.6 is 0 Å². The molecule has 0 heterocycles. The number of hydrogen-bond donors (Lipinski definition) is 1. The van der Waals surface area contributed by atoms with Crippen molar-refractivity contribution in [3.63, 3.8) is 0 Å². The molecular weight excluding hydrogens is 270 g/mol. The van der Waals surface area contributed by atoms with E-state index in [-0.39, 0.29) is 5.69 Å². The van der Waals surface area contributed by atoms with Gasteiger partial charge in [-0.25, -0.2) is 0 Å². The van der Waals surface area contributed by atoms with E-state index in [4.69, 9.17) is 4.74 Å². The second-order valence-electron chi connectivity index (χ2n) is 4.34. The van der Waals surface area contributed by atoms with Gasteiger partial charge in [0.25, 0.3) is 5.69 Å². The Hall–Kier alpha value is -2.89. The lowest BCUT2D eigenvalue weighted by Crippen LogP contribution is -2.00. The summed E-state index contributed by atoms with van der Waals surface area (Å²) in [6, 6.07) is 13.7. The molecule has 0 spiro atoms. The molecule has 0 atom stereocenters. The lowest BCUT2D eigenvalue weighted by Gasteiger charge is -2.05. The first kappa shape index (κ1) is 14.5. The van der Waals surface area contributed by atoms with Gasteiger partial charge in [-0.3, -0.25) is 15.5 Å². The van der Waals surface area contributed by atoms with E-state index >= 15 is 0 Å². The third-order valence-electron chi connectivity index (χ3n) is 2.92. The van der Waals surface area contributed by atoms with Gasteiger partial charge in [0.15, 0.2) is 0 Å². The summed E-state index contributed by atoms with van der Waals surface area (Å²) >= 11 is 0. The van der Waals surface area contributed by atoms with E-state index in [9.17, 15) is 10.1 Å². The maximum atomic E-state index is 10.7. The molecule has 0 aliphatic heterocycles. The average molecular weight is 285 g/mol. The van der Waals surface area contributed by atoms with Crippen LogP contribution in [0.1, 0.15) is 12.5 Å². The van der Waals surface area contributed by atoms with Gasteiger partial charge in [-0.05, 0) is 42.8 Å². The van der Waals surface area contributed by atoms with Crippen molar-refractivity contribution < 1.29 is 9.66 Å². The smallest absolute Gasteiger partial charge is 0.271 e. The molecular formula is C15H15N3O3. The third kappa shape index (κ3) is 3.79. The molecule has 6 heteroatoms. The molecule has 0 saturated heterocycles. The Kier molecular flexibility index (Phi) is 4.50. The summed E-state index contributed by atoms with van der Waals surface area (Å²) in [6.07, 6.45) is 0. The second kappa shape index (κ2) is 6.51. The number of ether oxygens (including phenoxy) is 1. The molecule has 0 unspecified atom stereocenters. The van der Waals surface area contributed by atoms with Gasteiger partial charge in [0, 0.05) is 12.1 Å². The minimum absolute atomic E-state index is 0.0253. The van der Waals surface area contributed by atoms with Crippen LogP contribution in [0.2, 0.25) is 0 Å². The zero-order chi connectivity index (χ0) is 15.2. The van der Waals surface area contributed by atoms with Crippen molar-refractivity contribution in [1.29, 1.82) is 0 Å². The lowest BCUT2D eigenvalue weighted by molar-refractivity contribution is -0.384. The van der Waals surface area contributed by atoms with Crippen LogP contribution in [-0.2, 0) is 0 Å². The number of nitro groups is 1. The molecule has 6 nitrogen and oxygen atoms in total. The number of anilines is 1. The van der Waals surface area contributed by atoms with Gasteiger partial charge in [0.2, 0.25) is 0 Å². The van der Waals surface area contributed by atoms with Crippen molar-refractivity contribution in [2.24, 2.45) is 5.10 Å². The third-order valence-corrected chi connectivity index (χ3v) is 2.92. The Morgan fingerprint density at radius 3 is 2.57 bits per heavy atom. The zero-order valence-electron chi connectivity index (χ0n) is 11.7. The molecule has 0 fully saturated rings. The first-order valence-corrected chi connectivity index (χ1v) is 6.29. The summed E-state index contributed by atoms with van der Waals surface area (Å²) in [5.41, 5.74) is 5.12. The normalized spacial score (nSPS) is 11.0. The Morgan fingerprint density at radius 2 is 1.95 bits per heavy atom. The summed E-state index contributed by atoms with van der Waals surface area (Å²) in [7, 11) is 1.61. The number of nitrogens with zero attached hydrogens (tertiary/aromatic N) is 2. The van der Waals surface area contributed by atoms with Crippen LogP contribution in [0.15, 0.2) is 53.6 Å². The Morgan fingerprint density at radius 1 is 1.24 bits per heavy atom. The summed E-state index contributed by atoms with van der Waals surface area (Å²) in [6.45, 7) is 1.85. The summed E-state index contributed by atoms with van der Waals surface area (Å²) in [5.74, 6) is 0.776. The van der Waals surface area contributed by atoms with E-state index in [1.54, 1.807) is 19.2 Å². The van der Waals surface area contributed by atoms with Gasteiger partial charge in [-0.2, -0.15) is 5.10 Å². The van der Waals surface area contributed by atoms with E-state index in [0.717, 1.165) is 17.0 Å². The molecule has 0 aliphatic rings. The molecule has 1 N–H and O–H groups in total. The van der Waals surface area contributed by atoms with E-state index < -0.39 is 4.92 Å². The second-order valence-corrected chi connectivity index (χ2v) is 4.34. The Balaban J connectivity index is 2.12. The quantitative estimate of drug-likeness (QED) is 0.518. The van der Waals surface area contributed by atoms with Gasteiger partial charge in [0.05, 0.1) is 23.4 Å². The molecule has 2 rings (SSSR count). The summed E-state index contributed by atoms with van der Waals surface area (Å²) in [5, 5.41) is 14.9. The summed E-state index contributed by atoms with van der Waals surface area (Å²) in [4.78, 5) is 10.3. The van der Waals surface area contributed by atoms with Gasteiger partial charge in [0.1, 0.15) is 5.75 Å². The molecule has 0 aromatic heterocycles. The number of benzene rings is 2. The fourth-order valence-electron chi connectivity index (χ4n) is 1.73. The Labute approximate surface area is 122 Å². The predicted molar refractivity (Wildman–Crippen MR) is 81.9 cm³/mol. The molecule has 21 heavy (non-hydrogen) atoms. The van der Waals surface area contributed by atoms with Crippen LogP contribution in [0.4, 0.5) is 11.4 Å². The van der Waals surface area contributed by atoms with Gasteiger partial charge in [-0.1, -0.05) is 6.07 Å². The molecule has 0 radical (unpaired) electrons. The zero-order valence-corrected chi connectivity index (χ0v) is 11.7. The van der Waals surface area contributed by atoms with Crippen molar-refractivity contribution in [2.45, 2.75) is 6.92 Å². The van der Waals surface area contributed by atoms with Crippen LogP contribution in [0, 0.1) is 10.1 Å². The number of methoxy groups -OCH3 is 1. The SMILES string of the molecule is COc1ccc(/C(C)=N/Nc2cccc([N+](=O)[O-])c2)cc1. The first-order chi connectivity index (χ1) is 10.1. The van der Waals surface area contributed by atoms with Crippen molar-refractivity contribution in [1.82, 2.24) is 0 Å². The number of non-ortho nitro benzene ring substituents is 1. The highest BCUT2D eigenvalue weighted by Gasteiger charge is 2.05. The molecule has 2 aromatic rings. The maximum absolute atomic E-state index is 10.7. The van der Waals surface area contributed by atoms with E-state index in [0.29, 0.717) is 5.69 Å². The topological polar surface area (TPSA) is 76.8 Å². The number of nitro benzene ring substituents is 1. The van der Waals surface area contributed by atoms with Crippen LogP contribution in [0.3, 0.4) is 0 Å². The van der Waals surface area contributed by atoms with Gasteiger partial charge < -0.3 is 4.74 Å². The monoisotopic (exact) mass is 285 g/mol. The summed E-state index contributed by atoms with van der Waals surface area (Å²) < 4.78 is 5.09. The van der Waals surface area contributed by atoms with Crippen LogP contribution in [0.25, 0.3) is 0 Å². The fourth-order valence-corrected chi connectivity index (χ4v) is 1.73. The maximum Gasteiger partial charge on any atom is 0.271 e. The van der Waals surface area contributed by atoms with E-state index in [2.05, 4.69) is 10.5 Å². The van der Waals surface area contributed by atoms with Crippen molar-refractivity contribution in [3.05, 3.63) is 64.2 Å². The fraction of sp³-hybridized carbons (Fsp3) is 0.133. The van der Waals surface area contributed by atoms with Crippen molar-refractivity contribution in [2.75, 3.05) is 12.5 Å². The number of hydrogen-bond acceptors (Lipinski definition) is 5. The van der Waals surface area contributed by atoms with Crippen LogP contribution < -0.4 is 10.2 Å². The molecule has 0 amide bonds. The first-order valence-electron chi connectivity index (χ1n) is 6.29. The molecule has 108 valence electrons. The van der Waals surface area contributed by atoms with Crippen molar-refractivity contribution >= 4 is 17.1 Å². The Bertz CT molecular complexity index is 666. The van der Waals surface area contributed by atoms with Crippen LogP contribution in [-0.4, -0.2) is 17.7 Å². The van der Waals surface area contributed by atoms with E-state index in [1.165, 1.54) is 12.1 Å². The largest absolute Gasteiger partial charge is 0.497 e. The molecule has 0 aliphatic carbocycles. The van der Waals surface area contributed by atoms with E-state index in [1.807, 2.05) is 31.2 Å². The minimum Gasteiger partial charge on any atom is -0.497 e. The van der Waals surface area contributed by atoms with Gasteiger partial charge >= 0.3 is 0 Å². The standard InChI is InChI=1S/C15H15N3O3/c1-11(12-6-8-15(21-2)9-7-12)16-17-13-4-3-5-14(10-13)18(19)20/h3-10,17H,1-2H3/b16-11+. The predicted octanol–water partition coefficient (Wildman–Crippen LogP) is 3.44. The van der Waals surface area contributed by atoms with Crippen LogP contribution in [0.5, 0.6) is 5.75 Å². The highest BCUT2D eigenvalue weighted by Crippen LogP contribution is 2.17. The highest BCUT2D eigenvalue weighted by molar-refractivity contribution is 5.99. The lowest BCUT2D eigenvalue weighted by atomic mass is 10.1. The molecule has 0 bridgehead atoms. The number of hydrazone groups is 1. The van der Waals surface area contributed by atoms with Crippen molar-refractivity contribution in [3.8, 4) is 5.75 Å². The highest BCUT2D eigenvalue weighted by atomic mass is 16.6.